The Labute approximate surface area is 133 Å². The van der Waals surface area contributed by atoms with Crippen LogP contribution in [0.3, 0.4) is 0 Å². The van der Waals surface area contributed by atoms with Crippen LogP contribution in [0.2, 0.25) is 0 Å². The number of hydrogen-bond donors (Lipinski definition) is 1. The molecule has 0 amide bonds. The average Bonchev–Trinajstić information content (AvgIpc) is 2.89. The van der Waals surface area contributed by atoms with Crippen LogP contribution in [0.15, 0.2) is 5.38 Å². The summed E-state index contributed by atoms with van der Waals surface area (Å²) in [6, 6.07) is 0. The summed E-state index contributed by atoms with van der Waals surface area (Å²) in [5, 5.41) is 7.29. The van der Waals surface area contributed by atoms with Crippen LogP contribution in [0.25, 0.3) is 0 Å². The maximum atomic E-state index is 5.22. The first kappa shape index (κ1) is 16.9. The predicted molar refractivity (Wildman–Crippen MR) is 90.0 cm³/mol. The smallest absolute Gasteiger partial charge is 0.113 e. The van der Waals surface area contributed by atoms with Crippen LogP contribution in [0.5, 0.6) is 0 Å². The number of methoxy groups -OCH3 is 1. The molecule has 1 aliphatic carbocycles. The summed E-state index contributed by atoms with van der Waals surface area (Å²) in [6.07, 6.45) is 5.00. The molecule has 1 saturated carbocycles. The second-order valence-corrected chi connectivity index (χ2v) is 8.35. The summed E-state index contributed by atoms with van der Waals surface area (Å²) in [5.41, 5.74) is 1.40. The highest BCUT2D eigenvalue weighted by atomic mass is 32.1. The van der Waals surface area contributed by atoms with Crippen LogP contribution in [0.1, 0.15) is 64.1 Å². The normalized spacial score (nSPS) is 27.0. The molecule has 0 aromatic carbocycles. The lowest BCUT2D eigenvalue weighted by atomic mass is 9.76. The molecule has 120 valence electrons. The Morgan fingerprint density at radius 2 is 2.24 bits per heavy atom. The van der Waals surface area contributed by atoms with Gasteiger partial charge in [0, 0.05) is 24.4 Å². The molecular weight excluding hydrogens is 280 g/mol. The highest BCUT2D eigenvalue weighted by Crippen LogP contribution is 2.42. The molecule has 0 aliphatic heterocycles. The molecule has 1 fully saturated rings. The predicted octanol–water partition coefficient (Wildman–Crippen LogP) is 4.08. The molecule has 2 unspecified atom stereocenters. The van der Waals surface area contributed by atoms with Crippen LogP contribution >= 0.6 is 11.3 Å². The molecule has 4 heteroatoms. The molecule has 21 heavy (non-hydrogen) atoms. The number of ether oxygens (including phenoxy) is 1. The first-order chi connectivity index (χ1) is 9.87. The average molecular weight is 311 g/mol. The van der Waals surface area contributed by atoms with E-state index in [1.165, 1.54) is 36.4 Å². The Hall–Kier alpha value is -0.450. The number of hydrogen-bond acceptors (Lipinski definition) is 4. The zero-order valence-corrected chi connectivity index (χ0v) is 15.0. The summed E-state index contributed by atoms with van der Waals surface area (Å²) in [7, 11) is 1.76. The lowest BCUT2D eigenvalue weighted by molar-refractivity contribution is 0.149. The van der Waals surface area contributed by atoms with Crippen molar-refractivity contribution in [3.63, 3.8) is 0 Å². The fraction of sp³-hybridized carbons (Fsp3) is 0.824. The number of nitrogens with zero attached hydrogens (tertiary/aromatic N) is 1. The Bertz CT molecular complexity index is 452. The van der Waals surface area contributed by atoms with Gasteiger partial charge in [-0.25, -0.2) is 4.98 Å². The minimum atomic E-state index is 0.0599. The molecule has 1 aromatic rings. The van der Waals surface area contributed by atoms with Crippen molar-refractivity contribution in [2.45, 2.75) is 64.3 Å². The fourth-order valence-corrected chi connectivity index (χ4v) is 4.48. The molecule has 2 rings (SSSR count). The van der Waals surface area contributed by atoms with E-state index in [0.717, 1.165) is 19.1 Å². The highest BCUT2D eigenvalue weighted by molar-refractivity contribution is 7.09. The van der Waals surface area contributed by atoms with Crippen molar-refractivity contribution in [3.8, 4) is 0 Å². The molecule has 0 saturated heterocycles. The van der Waals surface area contributed by atoms with Gasteiger partial charge in [-0.15, -0.1) is 11.3 Å². The Balaban J connectivity index is 2.24. The molecule has 0 radical (unpaired) electrons. The van der Waals surface area contributed by atoms with Crippen LogP contribution in [0.4, 0.5) is 0 Å². The first-order valence-corrected chi connectivity index (χ1v) is 8.96. The quantitative estimate of drug-likeness (QED) is 0.832. The van der Waals surface area contributed by atoms with Gasteiger partial charge in [0.2, 0.25) is 0 Å². The molecule has 1 N–H and O–H groups in total. The summed E-state index contributed by atoms with van der Waals surface area (Å²) in [4.78, 5) is 5.01. The van der Waals surface area contributed by atoms with Gasteiger partial charge >= 0.3 is 0 Å². The van der Waals surface area contributed by atoms with Crippen LogP contribution in [0, 0.1) is 5.92 Å². The van der Waals surface area contributed by atoms with E-state index in [0.29, 0.717) is 0 Å². The standard InChI is InChI=1S/C17H30N2OS/c1-13-7-6-8-17(11-13,18-9-10-20-5)15-19-14(12-21-15)16(2,3)4/h12-13,18H,6-11H2,1-5H3. The minimum absolute atomic E-state index is 0.0599. The van der Waals surface area contributed by atoms with Crippen molar-refractivity contribution in [1.82, 2.24) is 10.3 Å². The number of rotatable bonds is 5. The molecule has 1 aliphatic rings. The zero-order chi connectivity index (χ0) is 15.5. The molecular formula is C17H30N2OS. The Morgan fingerprint density at radius 3 is 2.81 bits per heavy atom. The van der Waals surface area contributed by atoms with Gasteiger partial charge in [-0.3, -0.25) is 0 Å². The maximum absolute atomic E-state index is 5.22. The second-order valence-electron chi connectivity index (χ2n) is 7.49. The van der Waals surface area contributed by atoms with Crippen LogP contribution in [-0.4, -0.2) is 25.2 Å². The summed E-state index contributed by atoms with van der Waals surface area (Å²) in [6.45, 7) is 10.7. The van der Waals surface area contributed by atoms with E-state index in [9.17, 15) is 0 Å². The molecule has 2 atom stereocenters. The van der Waals surface area contributed by atoms with E-state index in [-0.39, 0.29) is 11.0 Å². The van der Waals surface area contributed by atoms with Gasteiger partial charge in [-0.1, -0.05) is 40.5 Å². The summed E-state index contributed by atoms with van der Waals surface area (Å²) < 4.78 is 5.22. The molecule has 1 aromatic heterocycles. The third-order valence-corrected chi connectivity index (χ3v) is 5.50. The van der Waals surface area contributed by atoms with Crippen molar-refractivity contribution in [2.75, 3.05) is 20.3 Å². The van der Waals surface area contributed by atoms with Crippen molar-refractivity contribution >= 4 is 11.3 Å². The van der Waals surface area contributed by atoms with Crippen molar-refractivity contribution < 1.29 is 4.74 Å². The maximum Gasteiger partial charge on any atom is 0.113 e. The molecule has 1 heterocycles. The van der Waals surface area contributed by atoms with Gasteiger partial charge in [0.25, 0.3) is 0 Å². The topological polar surface area (TPSA) is 34.1 Å². The fourth-order valence-electron chi connectivity index (χ4n) is 3.21. The van der Waals surface area contributed by atoms with E-state index < -0.39 is 0 Å². The molecule has 3 nitrogen and oxygen atoms in total. The Kier molecular flexibility index (Phi) is 5.44. The molecule has 0 bridgehead atoms. The van der Waals surface area contributed by atoms with Gasteiger partial charge in [-0.05, 0) is 18.8 Å². The second kappa shape index (κ2) is 6.76. The van der Waals surface area contributed by atoms with Crippen LogP contribution < -0.4 is 5.32 Å². The highest BCUT2D eigenvalue weighted by Gasteiger charge is 2.39. The van der Waals surface area contributed by atoms with E-state index in [4.69, 9.17) is 9.72 Å². The summed E-state index contributed by atoms with van der Waals surface area (Å²) >= 11 is 1.83. The van der Waals surface area contributed by atoms with Crippen molar-refractivity contribution in [2.24, 2.45) is 5.92 Å². The zero-order valence-electron chi connectivity index (χ0n) is 14.2. The van der Waals surface area contributed by atoms with E-state index >= 15 is 0 Å². The Morgan fingerprint density at radius 1 is 1.48 bits per heavy atom. The van der Waals surface area contributed by atoms with Crippen molar-refractivity contribution in [1.29, 1.82) is 0 Å². The third kappa shape index (κ3) is 4.05. The van der Waals surface area contributed by atoms with E-state index in [1.807, 2.05) is 11.3 Å². The monoisotopic (exact) mass is 310 g/mol. The van der Waals surface area contributed by atoms with Gasteiger partial charge in [0.05, 0.1) is 17.8 Å². The lowest BCUT2D eigenvalue weighted by Gasteiger charge is -2.39. The minimum Gasteiger partial charge on any atom is -0.383 e. The SMILES string of the molecule is COCCNC1(c2nc(C(C)(C)C)cs2)CCCC(C)C1. The largest absolute Gasteiger partial charge is 0.383 e. The van der Waals surface area contributed by atoms with Gasteiger partial charge in [-0.2, -0.15) is 0 Å². The third-order valence-electron chi connectivity index (χ3n) is 4.45. The van der Waals surface area contributed by atoms with Crippen molar-refractivity contribution in [3.05, 3.63) is 16.1 Å². The van der Waals surface area contributed by atoms with Gasteiger partial charge in [0.1, 0.15) is 5.01 Å². The van der Waals surface area contributed by atoms with E-state index in [2.05, 4.69) is 38.4 Å². The number of aromatic nitrogens is 1. The first-order valence-electron chi connectivity index (χ1n) is 8.08. The van der Waals surface area contributed by atoms with Crippen LogP contribution in [-0.2, 0) is 15.7 Å². The van der Waals surface area contributed by atoms with E-state index in [1.54, 1.807) is 7.11 Å². The van der Waals surface area contributed by atoms with Gasteiger partial charge < -0.3 is 10.1 Å². The number of nitrogens with one attached hydrogen (secondary N) is 1. The lowest BCUT2D eigenvalue weighted by Crippen LogP contribution is -2.47. The summed E-state index contributed by atoms with van der Waals surface area (Å²) in [5.74, 6) is 0.760. The molecule has 0 spiro atoms. The van der Waals surface area contributed by atoms with Gasteiger partial charge in [0.15, 0.2) is 0 Å². The number of thiazole rings is 1.